The van der Waals surface area contributed by atoms with E-state index in [4.69, 9.17) is 9.47 Å². The van der Waals surface area contributed by atoms with Crippen molar-refractivity contribution in [2.45, 2.75) is 32.0 Å². The van der Waals surface area contributed by atoms with Crippen LogP contribution >= 0.6 is 0 Å². The molecule has 2 N–H and O–H groups in total. The molecule has 13 heteroatoms. The molecule has 1 atom stereocenters. The van der Waals surface area contributed by atoms with Crippen LogP contribution in [-0.4, -0.2) is 73.8 Å². The number of amides is 1. The second kappa shape index (κ2) is 11.6. The van der Waals surface area contributed by atoms with Crippen molar-refractivity contribution in [1.82, 2.24) is 15.1 Å². The maximum absolute atomic E-state index is 14.4. The minimum Gasteiger partial charge on any atom is -0.497 e. The number of aromatic nitrogens is 2. The van der Waals surface area contributed by atoms with Gasteiger partial charge in [0, 0.05) is 62.0 Å². The number of alkyl halides is 3. The normalized spacial score (nSPS) is 16.5. The van der Waals surface area contributed by atoms with Crippen LogP contribution in [0.1, 0.15) is 24.5 Å². The van der Waals surface area contributed by atoms with Gasteiger partial charge in [-0.15, -0.1) is 0 Å². The number of aliphatic hydroxyl groups is 1. The maximum Gasteiger partial charge on any atom is 0.418 e. The molecule has 10 nitrogen and oxygen atoms in total. The lowest BCUT2D eigenvalue weighted by Crippen LogP contribution is -2.35. The first kappa shape index (κ1) is 29.2. The Morgan fingerprint density at radius 2 is 1.83 bits per heavy atom. The second-order valence-corrected chi connectivity index (χ2v) is 10.3. The van der Waals surface area contributed by atoms with Gasteiger partial charge in [-0.05, 0) is 43.2 Å². The van der Waals surface area contributed by atoms with Crippen molar-refractivity contribution in [3.05, 3.63) is 57.9 Å². The first-order chi connectivity index (χ1) is 20.0. The number of halogens is 3. The molecule has 2 aliphatic rings. The molecule has 1 saturated heterocycles. The number of hydrogen-bond acceptors (Lipinski definition) is 8. The molecule has 1 amide bonds. The van der Waals surface area contributed by atoms with Crippen molar-refractivity contribution in [3.63, 3.8) is 0 Å². The quantitative estimate of drug-likeness (QED) is 0.414. The molecular formula is C29H32F3N5O5. The summed E-state index contributed by atoms with van der Waals surface area (Å²) in [5, 5.41) is 17.1. The number of rotatable bonds is 8. The largest absolute Gasteiger partial charge is 0.497 e. The Kier molecular flexibility index (Phi) is 8.04. The number of aliphatic hydroxyl groups excluding tert-OH is 1. The van der Waals surface area contributed by atoms with E-state index in [-0.39, 0.29) is 30.8 Å². The smallest absolute Gasteiger partial charge is 0.418 e. The van der Waals surface area contributed by atoms with E-state index in [9.17, 15) is 27.9 Å². The van der Waals surface area contributed by atoms with E-state index in [1.54, 1.807) is 23.1 Å². The SMILES string of the molecule is COc1cc(OC)cc(-c2nn(-c3cc(N4CC[C@@H](NC(C)=O)C4)ccc3C(F)(F)F)c(=O)c3c2CCN3CCO)c1. The monoisotopic (exact) mass is 587 g/mol. The molecule has 1 aromatic heterocycles. The molecule has 3 heterocycles. The number of anilines is 2. The van der Waals surface area contributed by atoms with Gasteiger partial charge in [0.05, 0.1) is 37.8 Å². The Hall–Kier alpha value is -4.26. The van der Waals surface area contributed by atoms with Crippen LogP contribution in [0.25, 0.3) is 16.9 Å². The predicted octanol–water partition coefficient (Wildman–Crippen LogP) is 3.01. The Bertz CT molecular complexity index is 1540. The highest BCUT2D eigenvalue weighted by Gasteiger charge is 2.37. The summed E-state index contributed by atoms with van der Waals surface area (Å²) in [5.41, 5.74) is -0.0885. The molecule has 5 rings (SSSR count). The summed E-state index contributed by atoms with van der Waals surface area (Å²) in [6.45, 7) is 2.64. The molecule has 0 bridgehead atoms. The molecule has 0 spiro atoms. The highest BCUT2D eigenvalue weighted by atomic mass is 19.4. The summed E-state index contributed by atoms with van der Waals surface area (Å²) in [7, 11) is 2.96. The molecule has 0 aliphatic carbocycles. The van der Waals surface area contributed by atoms with Crippen LogP contribution in [0.5, 0.6) is 11.5 Å². The lowest BCUT2D eigenvalue weighted by atomic mass is 10.0. The Morgan fingerprint density at radius 1 is 1.12 bits per heavy atom. The first-order valence-corrected chi connectivity index (χ1v) is 13.5. The average molecular weight is 588 g/mol. The van der Waals surface area contributed by atoms with Gasteiger partial charge in [-0.2, -0.15) is 23.0 Å². The van der Waals surface area contributed by atoms with E-state index in [1.807, 2.05) is 4.90 Å². The zero-order valence-electron chi connectivity index (χ0n) is 23.5. The van der Waals surface area contributed by atoms with Crippen molar-refractivity contribution in [1.29, 1.82) is 0 Å². The van der Waals surface area contributed by atoms with Crippen molar-refractivity contribution >= 4 is 17.3 Å². The fourth-order valence-electron chi connectivity index (χ4n) is 5.68. The van der Waals surface area contributed by atoms with Crippen LogP contribution in [0, 0.1) is 0 Å². The topological polar surface area (TPSA) is 109 Å². The van der Waals surface area contributed by atoms with Crippen LogP contribution in [0.15, 0.2) is 41.2 Å². The van der Waals surface area contributed by atoms with Gasteiger partial charge in [0.25, 0.3) is 5.56 Å². The molecule has 0 radical (unpaired) electrons. The minimum absolute atomic E-state index is 0.137. The van der Waals surface area contributed by atoms with Crippen LogP contribution in [0.3, 0.4) is 0 Å². The van der Waals surface area contributed by atoms with Crippen molar-refractivity contribution < 1.29 is 32.5 Å². The molecule has 1 fully saturated rings. The number of carbonyl (C=O) groups is 1. The molecule has 224 valence electrons. The van der Waals surface area contributed by atoms with Gasteiger partial charge in [0.2, 0.25) is 5.91 Å². The number of ether oxygens (including phenoxy) is 2. The molecule has 2 aliphatic heterocycles. The van der Waals surface area contributed by atoms with Gasteiger partial charge in [-0.1, -0.05) is 0 Å². The summed E-state index contributed by atoms with van der Waals surface area (Å²) in [4.78, 5) is 29.0. The summed E-state index contributed by atoms with van der Waals surface area (Å²) in [6, 6.07) is 8.53. The van der Waals surface area contributed by atoms with Crippen LogP contribution < -0.4 is 30.1 Å². The fraction of sp³-hybridized carbons (Fsp3) is 0.414. The van der Waals surface area contributed by atoms with E-state index in [1.165, 1.54) is 33.3 Å². The number of benzene rings is 2. The Labute approximate surface area is 240 Å². The molecule has 42 heavy (non-hydrogen) atoms. The number of fused-ring (bicyclic) bond motifs is 1. The van der Waals surface area contributed by atoms with Crippen molar-refractivity contribution in [2.24, 2.45) is 0 Å². The number of nitrogens with one attached hydrogen (secondary N) is 1. The predicted molar refractivity (Wildman–Crippen MR) is 151 cm³/mol. The maximum atomic E-state index is 14.4. The number of carbonyl (C=O) groups excluding carboxylic acids is 1. The van der Waals surface area contributed by atoms with E-state index < -0.39 is 23.0 Å². The average Bonchev–Trinajstić information content (AvgIpc) is 3.60. The number of β-amino-alcohol motifs (C(OH)–C–C–N with tert-alkyl or cyclic N) is 1. The van der Waals surface area contributed by atoms with Crippen molar-refractivity contribution in [2.75, 3.05) is 56.8 Å². The van der Waals surface area contributed by atoms with Gasteiger partial charge >= 0.3 is 6.18 Å². The third-order valence-electron chi connectivity index (χ3n) is 7.59. The first-order valence-electron chi connectivity index (χ1n) is 13.5. The van der Waals surface area contributed by atoms with Gasteiger partial charge in [0.1, 0.15) is 17.2 Å². The summed E-state index contributed by atoms with van der Waals surface area (Å²) >= 11 is 0. The summed E-state index contributed by atoms with van der Waals surface area (Å²) < 4.78 is 54.8. The Morgan fingerprint density at radius 3 is 2.45 bits per heavy atom. The number of methoxy groups -OCH3 is 2. The van der Waals surface area contributed by atoms with Crippen LogP contribution in [0.4, 0.5) is 24.5 Å². The molecule has 2 aromatic carbocycles. The lowest BCUT2D eigenvalue weighted by Gasteiger charge is -2.23. The highest BCUT2D eigenvalue weighted by molar-refractivity contribution is 5.75. The zero-order valence-corrected chi connectivity index (χ0v) is 23.5. The van der Waals surface area contributed by atoms with E-state index in [0.717, 1.165) is 10.7 Å². The third kappa shape index (κ3) is 5.60. The summed E-state index contributed by atoms with van der Waals surface area (Å²) in [6.07, 6.45) is -3.73. The van der Waals surface area contributed by atoms with Gasteiger partial charge in [-0.3, -0.25) is 9.59 Å². The number of nitrogens with zero attached hydrogens (tertiary/aromatic N) is 4. The van der Waals surface area contributed by atoms with Gasteiger partial charge in [-0.25, -0.2) is 0 Å². The molecule has 0 unspecified atom stereocenters. The molecule has 0 saturated carbocycles. The van der Waals surface area contributed by atoms with Gasteiger partial charge in [0.15, 0.2) is 0 Å². The number of hydrogen-bond donors (Lipinski definition) is 2. The highest BCUT2D eigenvalue weighted by Crippen LogP contribution is 2.39. The minimum atomic E-state index is -4.78. The molecule has 3 aromatic rings. The standard InChI is InChI=1S/C29H32F3N5O5/c1-17(39)33-19-6-8-36(16-19)20-4-5-24(29(30,31)32)25(14-20)37-28(40)27-23(7-9-35(27)10-11-38)26(34-37)18-12-21(41-2)15-22(13-18)42-3/h4-5,12-15,19,38H,6-11,16H2,1-3H3,(H,33,39)/t19-/m1/s1. The van der Waals surface area contributed by atoms with E-state index in [2.05, 4.69) is 10.4 Å². The van der Waals surface area contributed by atoms with Gasteiger partial charge < -0.3 is 29.7 Å². The lowest BCUT2D eigenvalue weighted by molar-refractivity contribution is -0.137. The Balaban J connectivity index is 1.73. The van der Waals surface area contributed by atoms with Crippen LogP contribution in [-0.2, 0) is 17.4 Å². The van der Waals surface area contributed by atoms with E-state index >= 15 is 0 Å². The third-order valence-corrected chi connectivity index (χ3v) is 7.59. The zero-order chi connectivity index (χ0) is 30.2. The molecular weight excluding hydrogens is 555 g/mol. The fourth-order valence-corrected chi connectivity index (χ4v) is 5.68. The van der Waals surface area contributed by atoms with E-state index in [0.29, 0.717) is 66.5 Å². The van der Waals surface area contributed by atoms with Crippen LogP contribution in [0.2, 0.25) is 0 Å². The van der Waals surface area contributed by atoms with Crippen molar-refractivity contribution in [3.8, 4) is 28.4 Å². The summed E-state index contributed by atoms with van der Waals surface area (Å²) in [5.74, 6) is 0.713. The second-order valence-electron chi connectivity index (χ2n) is 10.3.